The second kappa shape index (κ2) is 6.91. The summed E-state index contributed by atoms with van der Waals surface area (Å²) in [6, 6.07) is 7.92. The topological polar surface area (TPSA) is 71.1 Å². The minimum absolute atomic E-state index is 0.0487. The van der Waals surface area contributed by atoms with Crippen molar-refractivity contribution >= 4 is 23.2 Å². The van der Waals surface area contributed by atoms with E-state index in [4.69, 9.17) is 0 Å². The van der Waals surface area contributed by atoms with Gasteiger partial charge in [-0.1, -0.05) is 29.8 Å². The Kier molecular flexibility index (Phi) is 4.71. The third kappa shape index (κ3) is 3.96. The zero-order valence-electron chi connectivity index (χ0n) is 13.0. The average molecular weight is 329 g/mol. The van der Waals surface area contributed by atoms with Crippen molar-refractivity contribution < 1.29 is 9.59 Å². The van der Waals surface area contributed by atoms with Gasteiger partial charge in [-0.3, -0.25) is 9.59 Å². The highest BCUT2D eigenvalue weighted by molar-refractivity contribution is 7.13. The lowest BCUT2D eigenvalue weighted by Gasteiger charge is -2.10. The van der Waals surface area contributed by atoms with Gasteiger partial charge >= 0.3 is 0 Å². The normalized spacial score (nSPS) is 17.1. The molecule has 0 bridgehead atoms. The van der Waals surface area contributed by atoms with Crippen LogP contribution in [-0.4, -0.2) is 29.4 Å². The number of hydrogen-bond acceptors (Lipinski definition) is 4. The van der Waals surface area contributed by atoms with Gasteiger partial charge < -0.3 is 10.6 Å². The molecule has 2 amide bonds. The maximum absolute atomic E-state index is 11.9. The van der Waals surface area contributed by atoms with E-state index in [1.807, 2.05) is 5.38 Å². The Labute approximate surface area is 139 Å². The van der Waals surface area contributed by atoms with Crippen LogP contribution in [0.25, 0.3) is 10.6 Å². The lowest BCUT2D eigenvalue weighted by atomic mass is 10.2. The third-order valence-corrected chi connectivity index (χ3v) is 4.78. The molecule has 1 fully saturated rings. The van der Waals surface area contributed by atoms with Crippen LogP contribution in [0.5, 0.6) is 0 Å². The van der Waals surface area contributed by atoms with Gasteiger partial charge in [-0.05, 0) is 13.3 Å². The SMILES string of the molecule is Cc1ccc(-c2nc(CCNC(=O)C3CCC(=O)N3)cs2)cc1. The van der Waals surface area contributed by atoms with E-state index < -0.39 is 0 Å². The Morgan fingerprint density at radius 2 is 2.17 bits per heavy atom. The number of thiazole rings is 1. The Hall–Kier alpha value is -2.21. The lowest BCUT2D eigenvalue weighted by molar-refractivity contribution is -0.125. The Morgan fingerprint density at radius 3 is 2.87 bits per heavy atom. The Bertz CT molecular complexity index is 709. The van der Waals surface area contributed by atoms with E-state index in [2.05, 4.69) is 46.8 Å². The lowest BCUT2D eigenvalue weighted by Crippen LogP contribution is -2.42. The molecule has 2 aromatic rings. The largest absolute Gasteiger partial charge is 0.354 e. The highest BCUT2D eigenvalue weighted by Gasteiger charge is 2.26. The summed E-state index contributed by atoms with van der Waals surface area (Å²) in [5, 5.41) is 8.55. The molecule has 1 aliphatic rings. The number of hydrogen-bond donors (Lipinski definition) is 2. The van der Waals surface area contributed by atoms with E-state index >= 15 is 0 Å². The summed E-state index contributed by atoms with van der Waals surface area (Å²) in [5.41, 5.74) is 3.32. The molecule has 23 heavy (non-hydrogen) atoms. The Balaban J connectivity index is 1.50. The second-order valence-electron chi connectivity index (χ2n) is 5.71. The van der Waals surface area contributed by atoms with Crippen LogP contribution < -0.4 is 10.6 Å². The van der Waals surface area contributed by atoms with Crippen LogP contribution >= 0.6 is 11.3 Å². The van der Waals surface area contributed by atoms with Crippen molar-refractivity contribution in [2.24, 2.45) is 0 Å². The molecule has 1 atom stereocenters. The zero-order chi connectivity index (χ0) is 16.2. The first-order valence-electron chi connectivity index (χ1n) is 7.70. The predicted molar refractivity (Wildman–Crippen MR) is 90.2 cm³/mol. The summed E-state index contributed by atoms with van der Waals surface area (Å²) >= 11 is 1.61. The molecule has 6 heteroatoms. The fraction of sp³-hybridized carbons (Fsp3) is 0.353. The summed E-state index contributed by atoms with van der Waals surface area (Å²) in [7, 11) is 0. The van der Waals surface area contributed by atoms with E-state index in [9.17, 15) is 9.59 Å². The van der Waals surface area contributed by atoms with Crippen molar-refractivity contribution in [1.82, 2.24) is 15.6 Å². The Morgan fingerprint density at radius 1 is 1.39 bits per heavy atom. The zero-order valence-corrected chi connectivity index (χ0v) is 13.8. The van der Waals surface area contributed by atoms with Gasteiger partial charge in [0.05, 0.1) is 5.69 Å². The third-order valence-electron chi connectivity index (χ3n) is 3.84. The molecule has 3 rings (SSSR count). The summed E-state index contributed by atoms with van der Waals surface area (Å²) in [6.45, 7) is 2.59. The molecule has 1 aromatic heterocycles. The van der Waals surface area contributed by atoms with E-state index in [0.717, 1.165) is 16.3 Å². The quantitative estimate of drug-likeness (QED) is 0.882. The van der Waals surface area contributed by atoms with Crippen molar-refractivity contribution in [3.05, 3.63) is 40.9 Å². The molecule has 1 unspecified atom stereocenters. The average Bonchev–Trinajstić information content (AvgIpc) is 3.17. The number of carbonyl (C=O) groups excluding carboxylic acids is 2. The van der Waals surface area contributed by atoms with Gasteiger partial charge in [-0.25, -0.2) is 4.98 Å². The van der Waals surface area contributed by atoms with Crippen LogP contribution in [0.15, 0.2) is 29.6 Å². The molecular weight excluding hydrogens is 310 g/mol. The van der Waals surface area contributed by atoms with Crippen molar-refractivity contribution in [2.75, 3.05) is 6.54 Å². The molecule has 1 aromatic carbocycles. The molecule has 0 saturated carbocycles. The van der Waals surface area contributed by atoms with Gasteiger partial charge in [0.2, 0.25) is 11.8 Å². The van der Waals surface area contributed by atoms with Gasteiger partial charge in [-0.15, -0.1) is 11.3 Å². The summed E-state index contributed by atoms with van der Waals surface area (Å²) < 4.78 is 0. The van der Waals surface area contributed by atoms with E-state index in [1.165, 1.54) is 5.56 Å². The fourth-order valence-corrected chi connectivity index (χ4v) is 3.36. The molecule has 5 nitrogen and oxygen atoms in total. The molecule has 2 N–H and O–H groups in total. The van der Waals surface area contributed by atoms with Crippen LogP contribution in [0.2, 0.25) is 0 Å². The number of aromatic nitrogens is 1. The fourth-order valence-electron chi connectivity index (χ4n) is 2.50. The molecule has 1 saturated heterocycles. The summed E-state index contributed by atoms with van der Waals surface area (Å²) in [4.78, 5) is 27.6. The number of aryl methyl sites for hydroxylation is 1. The summed E-state index contributed by atoms with van der Waals surface area (Å²) in [6.07, 6.45) is 1.71. The number of amides is 2. The van der Waals surface area contributed by atoms with Crippen molar-refractivity contribution in [3.8, 4) is 10.6 Å². The number of benzene rings is 1. The smallest absolute Gasteiger partial charge is 0.242 e. The number of rotatable bonds is 5. The molecule has 2 heterocycles. The summed E-state index contributed by atoms with van der Waals surface area (Å²) in [5.74, 6) is -0.155. The maximum Gasteiger partial charge on any atom is 0.242 e. The van der Waals surface area contributed by atoms with Crippen LogP contribution in [0.1, 0.15) is 24.1 Å². The van der Waals surface area contributed by atoms with Gasteiger partial charge in [-0.2, -0.15) is 0 Å². The van der Waals surface area contributed by atoms with E-state index in [0.29, 0.717) is 25.8 Å². The van der Waals surface area contributed by atoms with Crippen LogP contribution in [0.3, 0.4) is 0 Å². The van der Waals surface area contributed by atoms with Gasteiger partial charge in [0.15, 0.2) is 0 Å². The first kappa shape index (κ1) is 15.7. The van der Waals surface area contributed by atoms with E-state index in [-0.39, 0.29) is 17.9 Å². The predicted octanol–water partition coefficient (Wildman–Crippen LogP) is 2.06. The minimum Gasteiger partial charge on any atom is -0.354 e. The standard InChI is InChI=1S/C17H19N3O2S/c1-11-2-4-12(5-3-11)17-19-13(10-23-17)8-9-18-16(22)14-6-7-15(21)20-14/h2-5,10,14H,6-9H2,1H3,(H,18,22)(H,20,21). The van der Waals surface area contributed by atoms with Crippen molar-refractivity contribution in [1.29, 1.82) is 0 Å². The number of nitrogens with zero attached hydrogens (tertiary/aromatic N) is 1. The number of nitrogens with one attached hydrogen (secondary N) is 2. The van der Waals surface area contributed by atoms with E-state index in [1.54, 1.807) is 11.3 Å². The van der Waals surface area contributed by atoms with Gasteiger partial charge in [0.25, 0.3) is 0 Å². The van der Waals surface area contributed by atoms with Crippen molar-refractivity contribution in [2.45, 2.75) is 32.2 Å². The van der Waals surface area contributed by atoms with Crippen LogP contribution in [-0.2, 0) is 16.0 Å². The van der Waals surface area contributed by atoms with Gasteiger partial charge in [0.1, 0.15) is 11.0 Å². The highest BCUT2D eigenvalue weighted by atomic mass is 32.1. The molecule has 0 spiro atoms. The molecule has 1 aliphatic heterocycles. The molecule has 120 valence electrons. The number of carbonyl (C=O) groups is 2. The molecule has 0 aliphatic carbocycles. The highest BCUT2D eigenvalue weighted by Crippen LogP contribution is 2.24. The van der Waals surface area contributed by atoms with Crippen LogP contribution in [0, 0.1) is 6.92 Å². The maximum atomic E-state index is 11.9. The monoisotopic (exact) mass is 329 g/mol. The van der Waals surface area contributed by atoms with Gasteiger partial charge in [0, 0.05) is 30.3 Å². The minimum atomic E-state index is -0.374. The van der Waals surface area contributed by atoms with Crippen LogP contribution in [0.4, 0.5) is 0 Å². The first-order valence-corrected chi connectivity index (χ1v) is 8.58. The second-order valence-corrected chi connectivity index (χ2v) is 6.57. The molecular formula is C17H19N3O2S. The first-order chi connectivity index (χ1) is 11.1. The molecule has 0 radical (unpaired) electrons. The van der Waals surface area contributed by atoms with Crippen molar-refractivity contribution in [3.63, 3.8) is 0 Å².